The maximum Gasteiger partial charge on any atom is 0.261 e. The topological polar surface area (TPSA) is 45.7 Å². The van der Waals surface area contributed by atoms with Gasteiger partial charge >= 0.3 is 0 Å². The van der Waals surface area contributed by atoms with Gasteiger partial charge in [-0.1, -0.05) is 48.1 Å². The Hall–Kier alpha value is -1.64. The van der Waals surface area contributed by atoms with Crippen molar-refractivity contribution in [1.82, 2.24) is 9.88 Å². The highest BCUT2D eigenvalue weighted by atomic mass is 35.5. The Labute approximate surface area is 196 Å². The minimum atomic E-state index is -0.0161. The fourth-order valence-corrected chi connectivity index (χ4v) is 5.76. The number of hydrogen-bond donors (Lipinski definition) is 0. The van der Waals surface area contributed by atoms with Gasteiger partial charge in [0.2, 0.25) is 0 Å². The van der Waals surface area contributed by atoms with Crippen LogP contribution in [0.2, 0.25) is 5.02 Å². The Morgan fingerprint density at radius 3 is 2.77 bits per heavy atom. The van der Waals surface area contributed by atoms with Crippen LogP contribution in [-0.2, 0) is 4.74 Å². The number of fused-ring (bicyclic) bond motifs is 1. The molecule has 1 aliphatic heterocycles. The summed E-state index contributed by atoms with van der Waals surface area (Å²) in [5, 5.41) is 1.37. The van der Waals surface area contributed by atoms with Crippen molar-refractivity contribution in [1.29, 1.82) is 0 Å². The van der Waals surface area contributed by atoms with Crippen LogP contribution in [0.4, 0.5) is 5.13 Å². The van der Waals surface area contributed by atoms with E-state index in [1.807, 2.05) is 48.2 Å². The molecule has 8 heteroatoms. The van der Waals surface area contributed by atoms with Crippen molar-refractivity contribution in [3.8, 4) is 0 Å². The quantitative estimate of drug-likeness (QED) is 0.431. The fraction of sp³-hybridized carbons (Fsp3) is 0.391. The summed E-state index contributed by atoms with van der Waals surface area (Å²) in [6.07, 6.45) is 0. The number of thiazole rings is 1. The minimum Gasteiger partial charge on any atom is -0.379 e. The Bertz CT molecular complexity index is 1030. The molecule has 164 valence electrons. The fourth-order valence-electron chi connectivity index (χ4n) is 3.63. The van der Waals surface area contributed by atoms with Gasteiger partial charge in [0.15, 0.2) is 5.13 Å². The molecule has 0 saturated carbocycles. The molecule has 1 amide bonds. The largest absolute Gasteiger partial charge is 0.379 e. The van der Waals surface area contributed by atoms with Crippen molar-refractivity contribution in [2.45, 2.75) is 18.7 Å². The van der Waals surface area contributed by atoms with Gasteiger partial charge in [0, 0.05) is 31.1 Å². The Balaban J connectivity index is 1.70. The monoisotopic (exact) mass is 475 g/mol. The van der Waals surface area contributed by atoms with Crippen molar-refractivity contribution in [3.63, 3.8) is 0 Å². The normalized spacial score (nSPS) is 14.8. The third kappa shape index (κ3) is 5.07. The second-order valence-electron chi connectivity index (χ2n) is 7.38. The summed E-state index contributed by atoms with van der Waals surface area (Å²) in [5.41, 5.74) is 2.65. The third-order valence-electron chi connectivity index (χ3n) is 5.32. The maximum absolute atomic E-state index is 13.8. The average Bonchev–Trinajstić information content (AvgIpc) is 3.24. The lowest BCUT2D eigenvalue weighted by Crippen LogP contribution is -2.43. The number of amides is 1. The summed E-state index contributed by atoms with van der Waals surface area (Å²) in [5.74, 6) is 0.895. The SMILES string of the molecule is CCSc1ccccc1C(=O)N(CCN1CCOCC1)c1nc2c(C)ccc(Cl)c2s1. The minimum absolute atomic E-state index is 0.0161. The molecule has 5 nitrogen and oxygen atoms in total. The standard InChI is InChI=1S/C23H26ClN3O2S2/c1-3-30-19-7-5-4-6-17(19)22(28)27(11-10-26-12-14-29-15-13-26)23-25-20-16(2)8-9-18(24)21(20)31-23/h4-9H,3,10-15H2,1-2H3. The summed E-state index contributed by atoms with van der Waals surface area (Å²) in [6, 6.07) is 11.7. The summed E-state index contributed by atoms with van der Waals surface area (Å²) in [6.45, 7) is 8.71. The first-order valence-electron chi connectivity index (χ1n) is 10.5. The van der Waals surface area contributed by atoms with E-state index in [4.69, 9.17) is 21.3 Å². The summed E-state index contributed by atoms with van der Waals surface area (Å²) in [7, 11) is 0. The zero-order chi connectivity index (χ0) is 21.8. The number of carbonyl (C=O) groups excluding carboxylic acids is 1. The molecule has 0 unspecified atom stereocenters. The van der Waals surface area contributed by atoms with Gasteiger partial charge in [0.25, 0.3) is 5.91 Å². The van der Waals surface area contributed by atoms with Gasteiger partial charge in [0.05, 0.1) is 34.0 Å². The molecule has 1 aliphatic rings. The Kier molecular flexibility index (Phi) is 7.51. The number of hydrogen-bond acceptors (Lipinski definition) is 6. The number of anilines is 1. The van der Waals surface area contributed by atoms with Crippen molar-refractivity contribution >= 4 is 56.0 Å². The number of carbonyl (C=O) groups is 1. The highest BCUT2D eigenvalue weighted by Crippen LogP contribution is 2.36. The van der Waals surface area contributed by atoms with Gasteiger partial charge in [0.1, 0.15) is 0 Å². The molecule has 0 spiro atoms. The van der Waals surface area contributed by atoms with Crippen molar-refractivity contribution in [2.24, 2.45) is 0 Å². The first kappa shape index (κ1) is 22.6. The van der Waals surface area contributed by atoms with Crippen LogP contribution in [0.25, 0.3) is 10.2 Å². The van der Waals surface area contributed by atoms with E-state index in [0.717, 1.165) is 64.8 Å². The number of rotatable bonds is 7. The number of aromatic nitrogens is 1. The zero-order valence-electron chi connectivity index (χ0n) is 17.8. The van der Waals surface area contributed by atoms with Crippen LogP contribution in [-0.4, -0.2) is 60.9 Å². The van der Waals surface area contributed by atoms with Gasteiger partial charge in [-0.15, -0.1) is 11.8 Å². The number of ether oxygens (including phenoxy) is 1. The number of nitrogens with zero attached hydrogens (tertiary/aromatic N) is 3. The molecule has 0 N–H and O–H groups in total. The molecule has 0 radical (unpaired) electrons. The van der Waals surface area contributed by atoms with Gasteiger partial charge in [-0.2, -0.15) is 0 Å². The molecule has 1 fully saturated rings. The lowest BCUT2D eigenvalue weighted by atomic mass is 10.2. The van der Waals surface area contributed by atoms with Crippen molar-refractivity contribution in [2.75, 3.05) is 50.0 Å². The number of thioether (sulfide) groups is 1. The Morgan fingerprint density at radius 2 is 2.03 bits per heavy atom. The summed E-state index contributed by atoms with van der Waals surface area (Å²) >= 11 is 9.62. The molecule has 0 bridgehead atoms. The number of aryl methyl sites for hydroxylation is 1. The van der Waals surface area contributed by atoms with Crippen LogP contribution < -0.4 is 4.90 Å². The Morgan fingerprint density at radius 1 is 1.26 bits per heavy atom. The molecule has 0 atom stereocenters. The van der Waals surface area contributed by atoms with Gasteiger partial charge in [-0.25, -0.2) is 4.98 Å². The number of morpholine rings is 1. The summed E-state index contributed by atoms with van der Waals surface area (Å²) in [4.78, 5) is 23.8. The molecule has 31 heavy (non-hydrogen) atoms. The molecular formula is C23H26ClN3O2S2. The van der Waals surface area contributed by atoms with E-state index in [-0.39, 0.29) is 5.91 Å². The highest BCUT2D eigenvalue weighted by Gasteiger charge is 2.25. The number of halogens is 1. The lowest BCUT2D eigenvalue weighted by molar-refractivity contribution is 0.0391. The van der Waals surface area contributed by atoms with Gasteiger partial charge < -0.3 is 4.74 Å². The predicted molar refractivity (Wildman–Crippen MR) is 131 cm³/mol. The number of benzene rings is 2. The van der Waals surface area contributed by atoms with E-state index >= 15 is 0 Å². The van der Waals surface area contributed by atoms with Gasteiger partial charge in [-0.3, -0.25) is 14.6 Å². The molecule has 2 heterocycles. The van der Waals surface area contributed by atoms with E-state index in [2.05, 4.69) is 11.8 Å². The first-order chi connectivity index (χ1) is 15.1. The maximum atomic E-state index is 13.8. The predicted octanol–water partition coefficient (Wildman–Crippen LogP) is 5.35. The second kappa shape index (κ2) is 10.3. The average molecular weight is 476 g/mol. The van der Waals surface area contributed by atoms with Crippen LogP contribution >= 0.6 is 34.7 Å². The lowest BCUT2D eigenvalue weighted by Gasteiger charge is -2.29. The molecule has 4 rings (SSSR count). The van der Waals surface area contributed by atoms with Crippen LogP contribution in [0.15, 0.2) is 41.3 Å². The summed E-state index contributed by atoms with van der Waals surface area (Å²) < 4.78 is 6.39. The van der Waals surface area contributed by atoms with Crippen molar-refractivity contribution < 1.29 is 9.53 Å². The van der Waals surface area contributed by atoms with Gasteiger partial charge in [-0.05, 0) is 36.4 Å². The van der Waals surface area contributed by atoms with E-state index in [9.17, 15) is 4.79 Å². The molecule has 1 saturated heterocycles. The molecule has 2 aromatic carbocycles. The third-order valence-corrected chi connectivity index (χ3v) is 7.82. The molecule has 0 aliphatic carbocycles. The molecule has 3 aromatic rings. The van der Waals surface area contributed by atoms with E-state index in [0.29, 0.717) is 16.7 Å². The van der Waals surface area contributed by atoms with Crippen LogP contribution in [0.5, 0.6) is 0 Å². The van der Waals surface area contributed by atoms with Crippen LogP contribution in [0.1, 0.15) is 22.8 Å². The second-order valence-corrected chi connectivity index (χ2v) is 10.1. The van der Waals surface area contributed by atoms with E-state index in [1.54, 1.807) is 11.8 Å². The van der Waals surface area contributed by atoms with Crippen LogP contribution in [0, 0.1) is 6.92 Å². The smallest absolute Gasteiger partial charge is 0.261 e. The zero-order valence-corrected chi connectivity index (χ0v) is 20.2. The van der Waals surface area contributed by atoms with Crippen LogP contribution in [0.3, 0.4) is 0 Å². The first-order valence-corrected chi connectivity index (χ1v) is 12.7. The van der Waals surface area contributed by atoms with E-state index < -0.39 is 0 Å². The van der Waals surface area contributed by atoms with Crippen molar-refractivity contribution in [3.05, 3.63) is 52.5 Å². The highest BCUT2D eigenvalue weighted by molar-refractivity contribution is 7.99. The van der Waals surface area contributed by atoms with E-state index in [1.165, 1.54) is 11.3 Å². The molecule has 1 aromatic heterocycles. The molecular weight excluding hydrogens is 450 g/mol.